The van der Waals surface area contributed by atoms with Crippen LogP contribution in [0.3, 0.4) is 0 Å². The first kappa shape index (κ1) is 17.0. The second kappa shape index (κ2) is 7.50. The van der Waals surface area contributed by atoms with Gasteiger partial charge in [-0.05, 0) is 12.1 Å². The molecule has 5 rings (SSSR count). The van der Waals surface area contributed by atoms with Crippen LogP contribution in [0.15, 0.2) is 66.9 Å². The van der Waals surface area contributed by atoms with E-state index >= 15 is 0 Å². The standard InChI is InChI=1S/C22H21N5O/c1-2-6-17(7-3-1)22-25-20(14-18-15-23-12-13-28-18)27(26-22)19-10-4-8-16-9-5-11-24-21(16)19/h1-11,18,23H,12-15H2/t18-/m1/s1. The van der Waals surface area contributed by atoms with Gasteiger partial charge in [-0.25, -0.2) is 9.67 Å². The molecule has 0 bridgehead atoms. The molecule has 1 atom stereocenters. The summed E-state index contributed by atoms with van der Waals surface area (Å²) in [4.78, 5) is 9.47. The maximum absolute atomic E-state index is 5.92. The monoisotopic (exact) mass is 371 g/mol. The molecule has 2 aromatic carbocycles. The van der Waals surface area contributed by atoms with Gasteiger partial charge in [0.25, 0.3) is 0 Å². The van der Waals surface area contributed by atoms with Crippen molar-refractivity contribution in [3.8, 4) is 17.1 Å². The number of hydrogen-bond acceptors (Lipinski definition) is 5. The van der Waals surface area contributed by atoms with E-state index in [-0.39, 0.29) is 6.10 Å². The number of morpholine rings is 1. The van der Waals surface area contributed by atoms with Gasteiger partial charge in [0, 0.05) is 36.7 Å². The van der Waals surface area contributed by atoms with Crippen molar-refractivity contribution in [2.45, 2.75) is 12.5 Å². The van der Waals surface area contributed by atoms with Crippen molar-refractivity contribution >= 4 is 10.9 Å². The third-order valence-corrected chi connectivity index (χ3v) is 4.96. The molecular formula is C22H21N5O. The molecule has 1 aliphatic heterocycles. The number of fused-ring (bicyclic) bond motifs is 1. The molecule has 4 aromatic rings. The van der Waals surface area contributed by atoms with E-state index in [0.717, 1.165) is 47.7 Å². The van der Waals surface area contributed by atoms with E-state index in [4.69, 9.17) is 14.8 Å². The highest BCUT2D eigenvalue weighted by Gasteiger charge is 2.21. The summed E-state index contributed by atoms with van der Waals surface area (Å²) in [6.45, 7) is 2.44. The van der Waals surface area contributed by atoms with Gasteiger partial charge in [-0.3, -0.25) is 4.98 Å². The maximum atomic E-state index is 5.92. The molecule has 6 heteroatoms. The fourth-order valence-corrected chi connectivity index (χ4v) is 3.59. The summed E-state index contributed by atoms with van der Waals surface area (Å²) in [7, 11) is 0. The number of nitrogens with one attached hydrogen (secondary N) is 1. The molecule has 0 spiro atoms. The Kier molecular flexibility index (Phi) is 4.56. The lowest BCUT2D eigenvalue weighted by Gasteiger charge is -2.23. The summed E-state index contributed by atoms with van der Waals surface area (Å²) in [6, 6.07) is 20.2. The zero-order chi connectivity index (χ0) is 18.8. The molecular weight excluding hydrogens is 350 g/mol. The lowest BCUT2D eigenvalue weighted by molar-refractivity contribution is 0.0277. The van der Waals surface area contributed by atoms with Gasteiger partial charge in [-0.15, -0.1) is 5.10 Å². The number of pyridine rings is 1. The third kappa shape index (κ3) is 3.28. The van der Waals surface area contributed by atoms with Gasteiger partial charge in [0.15, 0.2) is 5.82 Å². The minimum absolute atomic E-state index is 0.0864. The third-order valence-electron chi connectivity index (χ3n) is 4.96. The summed E-state index contributed by atoms with van der Waals surface area (Å²) in [6.07, 6.45) is 2.59. The molecule has 140 valence electrons. The predicted molar refractivity (Wildman–Crippen MR) is 108 cm³/mol. The number of aromatic nitrogens is 4. The zero-order valence-electron chi connectivity index (χ0n) is 15.5. The van der Waals surface area contributed by atoms with Crippen LogP contribution in [0.1, 0.15) is 5.82 Å². The van der Waals surface area contributed by atoms with E-state index in [1.54, 1.807) is 0 Å². The van der Waals surface area contributed by atoms with E-state index < -0.39 is 0 Å². The molecule has 28 heavy (non-hydrogen) atoms. The number of hydrogen-bond donors (Lipinski definition) is 1. The smallest absolute Gasteiger partial charge is 0.181 e. The van der Waals surface area contributed by atoms with Crippen LogP contribution < -0.4 is 5.32 Å². The Labute approximate surface area is 163 Å². The van der Waals surface area contributed by atoms with Crippen molar-refractivity contribution in [1.82, 2.24) is 25.1 Å². The first-order valence-corrected chi connectivity index (χ1v) is 9.56. The summed E-state index contributed by atoms with van der Waals surface area (Å²) < 4.78 is 7.84. The molecule has 0 radical (unpaired) electrons. The Bertz CT molecular complexity index is 1080. The van der Waals surface area contributed by atoms with Gasteiger partial charge in [-0.2, -0.15) is 0 Å². The molecule has 0 amide bonds. The topological polar surface area (TPSA) is 64.9 Å². The van der Waals surface area contributed by atoms with Crippen LogP contribution in [-0.2, 0) is 11.2 Å². The molecule has 0 aliphatic carbocycles. The second-order valence-corrected chi connectivity index (χ2v) is 6.88. The van der Waals surface area contributed by atoms with Crippen LogP contribution in [0.5, 0.6) is 0 Å². The highest BCUT2D eigenvalue weighted by atomic mass is 16.5. The number of nitrogens with zero attached hydrogens (tertiary/aromatic N) is 4. The number of rotatable bonds is 4. The molecule has 0 unspecified atom stereocenters. The van der Waals surface area contributed by atoms with Crippen molar-refractivity contribution in [2.24, 2.45) is 0 Å². The Morgan fingerprint density at radius 2 is 1.93 bits per heavy atom. The first-order chi connectivity index (χ1) is 13.9. The molecule has 1 aliphatic rings. The van der Waals surface area contributed by atoms with Crippen LogP contribution >= 0.6 is 0 Å². The van der Waals surface area contributed by atoms with Crippen LogP contribution in [0.25, 0.3) is 28.0 Å². The van der Waals surface area contributed by atoms with Gasteiger partial charge < -0.3 is 10.1 Å². The lowest BCUT2D eigenvalue weighted by Crippen LogP contribution is -2.40. The van der Waals surface area contributed by atoms with Crippen LogP contribution in [0.4, 0.5) is 0 Å². The Hall–Kier alpha value is -3.09. The normalized spacial score (nSPS) is 17.1. The molecule has 3 heterocycles. The van der Waals surface area contributed by atoms with Gasteiger partial charge in [0.05, 0.1) is 23.9 Å². The highest BCUT2D eigenvalue weighted by molar-refractivity contribution is 5.86. The summed E-state index contributed by atoms with van der Waals surface area (Å²) in [5.74, 6) is 1.60. The quantitative estimate of drug-likeness (QED) is 0.597. The largest absolute Gasteiger partial charge is 0.375 e. The van der Waals surface area contributed by atoms with Crippen molar-refractivity contribution < 1.29 is 4.74 Å². The fraction of sp³-hybridized carbons (Fsp3) is 0.227. The van der Waals surface area contributed by atoms with Gasteiger partial charge >= 0.3 is 0 Å². The van der Waals surface area contributed by atoms with Crippen LogP contribution in [0, 0.1) is 0 Å². The molecule has 1 fully saturated rings. The molecule has 1 saturated heterocycles. The Morgan fingerprint density at radius 1 is 1.04 bits per heavy atom. The minimum Gasteiger partial charge on any atom is -0.375 e. The number of benzene rings is 2. The van der Waals surface area contributed by atoms with Crippen molar-refractivity contribution in [3.05, 3.63) is 72.7 Å². The highest BCUT2D eigenvalue weighted by Crippen LogP contribution is 2.24. The van der Waals surface area contributed by atoms with Crippen LogP contribution in [0.2, 0.25) is 0 Å². The number of para-hydroxylation sites is 1. The van der Waals surface area contributed by atoms with E-state index in [9.17, 15) is 0 Å². The predicted octanol–water partition coefficient (Wildman–Crippen LogP) is 3.01. The fourth-order valence-electron chi connectivity index (χ4n) is 3.59. The molecule has 2 aromatic heterocycles. The number of ether oxygens (including phenoxy) is 1. The average Bonchev–Trinajstić information content (AvgIpc) is 3.18. The summed E-state index contributed by atoms with van der Waals surface area (Å²) in [5, 5.41) is 9.33. The van der Waals surface area contributed by atoms with E-state index in [1.165, 1.54) is 0 Å². The molecule has 1 N–H and O–H groups in total. The SMILES string of the molecule is c1ccc(-c2nc(C[C@@H]3CNCCO3)n(-c3cccc4cccnc34)n2)cc1. The summed E-state index contributed by atoms with van der Waals surface area (Å²) >= 11 is 0. The Morgan fingerprint density at radius 3 is 2.79 bits per heavy atom. The molecule has 0 saturated carbocycles. The van der Waals surface area contributed by atoms with Crippen molar-refractivity contribution in [3.63, 3.8) is 0 Å². The Balaban J connectivity index is 1.63. The zero-order valence-corrected chi connectivity index (χ0v) is 15.5. The van der Waals surface area contributed by atoms with Crippen LogP contribution in [-0.4, -0.2) is 45.5 Å². The second-order valence-electron chi connectivity index (χ2n) is 6.88. The van der Waals surface area contributed by atoms with Gasteiger partial charge in [-0.1, -0.05) is 48.5 Å². The van der Waals surface area contributed by atoms with E-state index in [2.05, 4.69) is 22.4 Å². The van der Waals surface area contributed by atoms with E-state index in [1.807, 2.05) is 59.4 Å². The molecule has 6 nitrogen and oxygen atoms in total. The maximum Gasteiger partial charge on any atom is 0.181 e. The van der Waals surface area contributed by atoms with Gasteiger partial charge in [0.2, 0.25) is 0 Å². The minimum atomic E-state index is 0.0864. The van der Waals surface area contributed by atoms with Gasteiger partial charge in [0.1, 0.15) is 5.82 Å². The van der Waals surface area contributed by atoms with Crippen molar-refractivity contribution in [2.75, 3.05) is 19.7 Å². The van der Waals surface area contributed by atoms with Crippen molar-refractivity contribution in [1.29, 1.82) is 0 Å². The summed E-state index contributed by atoms with van der Waals surface area (Å²) in [5.41, 5.74) is 2.85. The average molecular weight is 371 g/mol. The van der Waals surface area contributed by atoms with E-state index in [0.29, 0.717) is 12.2 Å². The first-order valence-electron chi connectivity index (χ1n) is 9.56. The lowest BCUT2D eigenvalue weighted by atomic mass is 10.1.